The summed E-state index contributed by atoms with van der Waals surface area (Å²) in [5.41, 5.74) is -0.0223. The highest BCUT2D eigenvalue weighted by molar-refractivity contribution is 8.00. The predicted molar refractivity (Wildman–Crippen MR) is 73.7 cm³/mol. The standard InChI is InChI=1S/C12H14N2O5S/c1-7(12(16)17)13-11(15)8(2)20-10-5-3-9(4-6-10)14(18)19/h3-8H,1-2H3,(H,13,15)(H,16,17)/t7-,8?/m1/s1. The van der Waals surface area contributed by atoms with Gasteiger partial charge in [-0.05, 0) is 26.0 Å². The van der Waals surface area contributed by atoms with E-state index in [0.717, 1.165) is 0 Å². The zero-order chi connectivity index (χ0) is 15.3. The second-order valence-corrected chi connectivity index (χ2v) is 5.49. The molecule has 0 heterocycles. The summed E-state index contributed by atoms with van der Waals surface area (Å²) in [5.74, 6) is -1.51. The number of hydrogen-bond acceptors (Lipinski definition) is 5. The van der Waals surface area contributed by atoms with Crippen molar-refractivity contribution in [3.05, 3.63) is 34.4 Å². The Hall–Kier alpha value is -2.09. The van der Waals surface area contributed by atoms with Crippen molar-refractivity contribution in [2.75, 3.05) is 0 Å². The molecule has 1 aromatic carbocycles. The van der Waals surface area contributed by atoms with Crippen LogP contribution in [0, 0.1) is 10.1 Å². The summed E-state index contributed by atoms with van der Waals surface area (Å²) < 4.78 is 0. The molecule has 1 rings (SSSR count). The zero-order valence-electron chi connectivity index (χ0n) is 10.9. The predicted octanol–water partition coefficient (Wildman–Crippen LogP) is 1.66. The van der Waals surface area contributed by atoms with Gasteiger partial charge < -0.3 is 10.4 Å². The van der Waals surface area contributed by atoms with E-state index in [1.807, 2.05) is 0 Å². The maximum Gasteiger partial charge on any atom is 0.325 e. The summed E-state index contributed by atoms with van der Waals surface area (Å²) in [7, 11) is 0. The Morgan fingerprint density at radius 2 is 1.85 bits per heavy atom. The number of benzene rings is 1. The monoisotopic (exact) mass is 298 g/mol. The number of carboxylic acid groups (broad SMARTS) is 1. The Morgan fingerprint density at radius 3 is 2.30 bits per heavy atom. The number of carbonyl (C=O) groups is 2. The first-order chi connectivity index (χ1) is 9.31. The average molecular weight is 298 g/mol. The van der Waals surface area contributed by atoms with E-state index in [0.29, 0.717) is 4.90 Å². The van der Waals surface area contributed by atoms with Crippen LogP contribution in [0.25, 0.3) is 0 Å². The molecule has 1 amide bonds. The van der Waals surface area contributed by atoms with Crippen molar-refractivity contribution in [1.29, 1.82) is 0 Å². The summed E-state index contributed by atoms with van der Waals surface area (Å²) in [6.45, 7) is 3.01. The lowest BCUT2D eigenvalue weighted by molar-refractivity contribution is -0.384. The van der Waals surface area contributed by atoms with Crippen molar-refractivity contribution in [3.63, 3.8) is 0 Å². The quantitative estimate of drug-likeness (QED) is 0.469. The van der Waals surface area contributed by atoms with E-state index >= 15 is 0 Å². The van der Waals surface area contributed by atoms with Gasteiger partial charge in [0.15, 0.2) is 0 Å². The lowest BCUT2D eigenvalue weighted by atomic mass is 10.3. The number of nitro groups is 1. The van der Waals surface area contributed by atoms with Crippen molar-refractivity contribution >= 4 is 29.3 Å². The van der Waals surface area contributed by atoms with Crippen molar-refractivity contribution in [1.82, 2.24) is 5.32 Å². The molecule has 0 aliphatic heterocycles. The highest BCUT2D eigenvalue weighted by atomic mass is 32.2. The SMILES string of the molecule is CC(Sc1ccc([N+](=O)[O-])cc1)C(=O)N[C@H](C)C(=O)O. The molecule has 0 radical (unpaired) electrons. The molecule has 0 aliphatic rings. The molecule has 0 fully saturated rings. The Morgan fingerprint density at radius 1 is 1.30 bits per heavy atom. The van der Waals surface area contributed by atoms with Gasteiger partial charge in [-0.25, -0.2) is 0 Å². The zero-order valence-corrected chi connectivity index (χ0v) is 11.7. The minimum absolute atomic E-state index is 0.0223. The van der Waals surface area contributed by atoms with Crippen LogP contribution >= 0.6 is 11.8 Å². The molecule has 108 valence electrons. The van der Waals surface area contributed by atoms with Gasteiger partial charge in [-0.1, -0.05) is 0 Å². The van der Waals surface area contributed by atoms with E-state index in [1.165, 1.54) is 30.8 Å². The molecule has 20 heavy (non-hydrogen) atoms. The van der Waals surface area contributed by atoms with E-state index in [2.05, 4.69) is 5.32 Å². The van der Waals surface area contributed by atoms with Gasteiger partial charge in [0.05, 0.1) is 10.2 Å². The Labute approximate surface area is 119 Å². The summed E-state index contributed by atoms with van der Waals surface area (Å²) in [4.78, 5) is 33.1. The number of nitrogens with zero attached hydrogens (tertiary/aromatic N) is 1. The largest absolute Gasteiger partial charge is 0.480 e. The minimum Gasteiger partial charge on any atom is -0.480 e. The number of hydrogen-bond donors (Lipinski definition) is 2. The fraction of sp³-hybridized carbons (Fsp3) is 0.333. The molecule has 8 heteroatoms. The normalized spacial score (nSPS) is 13.3. The second-order valence-electron chi connectivity index (χ2n) is 4.08. The highest BCUT2D eigenvalue weighted by Crippen LogP contribution is 2.25. The first kappa shape index (κ1) is 16.0. The first-order valence-electron chi connectivity index (χ1n) is 5.75. The Kier molecular flexibility index (Phi) is 5.51. The minimum atomic E-state index is -1.11. The molecule has 0 saturated carbocycles. The van der Waals surface area contributed by atoms with Crippen LogP contribution < -0.4 is 5.32 Å². The van der Waals surface area contributed by atoms with Gasteiger partial charge >= 0.3 is 5.97 Å². The third-order valence-electron chi connectivity index (χ3n) is 2.46. The molecule has 0 spiro atoms. The molecular formula is C12H14N2O5S. The van der Waals surface area contributed by atoms with E-state index in [9.17, 15) is 19.7 Å². The lowest BCUT2D eigenvalue weighted by Gasteiger charge is -2.14. The number of carboxylic acids is 1. The molecular weight excluding hydrogens is 284 g/mol. The van der Waals surface area contributed by atoms with Gasteiger partial charge in [0, 0.05) is 17.0 Å². The van der Waals surface area contributed by atoms with Gasteiger partial charge in [-0.15, -0.1) is 11.8 Å². The van der Waals surface area contributed by atoms with Crippen LogP contribution in [0.2, 0.25) is 0 Å². The number of aliphatic carboxylic acids is 1. The van der Waals surface area contributed by atoms with Crippen LogP contribution in [0.5, 0.6) is 0 Å². The number of carbonyl (C=O) groups excluding carboxylic acids is 1. The highest BCUT2D eigenvalue weighted by Gasteiger charge is 2.20. The molecule has 1 unspecified atom stereocenters. The summed E-state index contributed by atoms with van der Waals surface area (Å²) >= 11 is 1.20. The molecule has 0 saturated heterocycles. The summed E-state index contributed by atoms with van der Waals surface area (Å²) in [6.07, 6.45) is 0. The maximum atomic E-state index is 11.7. The van der Waals surface area contributed by atoms with Gasteiger partial charge in [0.1, 0.15) is 6.04 Å². The summed E-state index contributed by atoms with van der Waals surface area (Å²) in [5, 5.41) is 21.1. The molecule has 0 aromatic heterocycles. The van der Waals surface area contributed by atoms with E-state index in [-0.39, 0.29) is 5.69 Å². The van der Waals surface area contributed by atoms with Gasteiger partial charge in [0.25, 0.3) is 5.69 Å². The van der Waals surface area contributed by atoms with Crippen LogP contribution in [0.15, 0.2) is 29.2 Å². The topological polar surface area (TPSA) is 110 Å². The summed E-state index contributed by atoms with van der Waals surface area (Å²) in [6, 6.07) is 4.85. The lowest BCUT2D eigenvalue weighted by Crippen LogP contribution is -2.41. The van der Waals surface area contributed by atoms with Crippen molar-refractivity contribution in [2.24, 2.45) is 0 Å². The number of non-ortho nitro benzene ring substituents is 1. The van der Waals surface area contributed by atoms with E-state index in [1.54, 1.807) is 19.1 Å². The molecule has 0 bridgehead atoms. The molecule has 2 atom stereocenters. The van der Waals surface area contributed by atoms with Crippen LogP contribution in [0.3, 0.4) is 0 Å². The van der Waals surface area contributed by atoms with Gasteiger partial charge in [-0.2, -0.15) is 0 Å². The third kappa shape index (κ3) is 4.54. The van der Waals surface area contributed by atoms with Crippen LogP contribution in [0.4, 0.5) is 5.69 Å². The van der Waals surface area contributed by atoms with E-state index in [4.69, 9.17) is 5.11 Å². The Balaban J connectivity index is 2.61. The maximum absolute atomic E-state index is 11.7. The van der Waals surface area contributed by atoms with Gasteiger partial charge in [-0.3, -0.25) is 19.7 Å². The van der Waals surface area contributed by atoms with Gasteiger partial charge in [0.2, 0.25) is 5.91 Å². The fourth-order valence-electron chi connectivity index (χ4n) is 1.30. The van der Waals surface area contributed by atoms with Crippen molar-refractivity contribution in [3.8, 4) is 0 Å². The van der Waals surface area contributed by atoms with Crippen LogP contribution in [0.1, 0.15) is 13.8 Å². The van der Waals surface area contributed by atoms with Crippen LogP contribution in [-0.2, 0) is 9.59 Å². The second kappa shape index (κ2) is 6.90. The average Bonchev–Trinajstić information content (AvgIpc) is 2.38. The molecule has 7 nitrogen and oxygen atoms in total. The van der Waals surface area contributed by atoms with Crippen LogP contribution in [-0.4, -0.2) is 33.2 Å². The van der Waals surface area contributed by atoms with Crippen molar-refractivity contribution in [2.45, 2.75) is 30.0 Å². The molecule has 1 aromatic rings. The molecule has 0 aliphatic carbocycles. The third-order valence-corrected chi connectivity index (χ3v) is 3.57. The fourth-order valence-corrected chi connectivity index (χ4v) is 2.17. The smallest absolute Gasteiger partial charge is 0.325 e. The number of thioether (sulfide) groups is 1. The van der Waals surface area contributed by atoms with E-state index < -0.39 is 28.1 Å². The Bertz CT molecular complexity index is 517. The number of amides is 1. The number of nitrogens with one attached hydrogen (secondary N) is 1. The van der Waals surface area contributed by atoms with Crippen molar-refractivity contribution < 1.29 is 19.6 Å². The number of rotatable bonds is 6. The molecule has 2 N–H and O–H groups in total. The first-order valence-corrected chi connectivity index (χ1v) is 6.63. The number of nitro benzene ring substituents is 1.